The fourth-order valence-electron chi connectivity index (χ4n) is 4.65. The van der Waals surface area contributed by atoms with E-state index in [1.807, 2.05) is 66.0 Å². The Morgan fingerprint density at radius 2 is 1.78 bits per heavy atom. The molecule has 0 fully saturated rings. The number of ether oxygens (including phenoxy) is 3. The molecule has 3 aromatic carbocycles. The Balaban J connectivity index is 1.38. The molecule has 4 aromatic rings. The van der Waals surface area contributed by atoms with Gasteiger partial charge in [0.1, 0.15) is 0 Å². The molecule has 0 spiro atoms. The van der Waals surface area contributed by atoms with E-state index in [0.29, 0.717) is 40.7 Å². The normalized spacial score (nSPS) is 12.2. The number of amides is 1. The van der Waals surface area contributed by atoms with Crippen LogP contribution in [0.1, 0.15) is 21.5 Å². The number of rotatable bonds is 8. The number of thiophene rings is 1. The van der Waals surface area contributed by atoms with Gasteiger partial charge in [0, 0.05) is 29.2 Å². The summed E-state index contributed by atoms with van der Waals surface area (Å²) in [5, 5.41) is 5.03. The number of nitrogens with two attached hydrogens (primary N) is 1. The molecule has 1 amide bonds. The summed E-state index contributed by atoms with van der Waals surface area (Å²) >= 11 is 1.64. The zero-order valence-electron chi connectivity index (χ0n) is 21.0. The summed E-state index contributed by atoms with van der Waals surface area (Å²) in [7, 11) is 4.81. The van der Waals surface area contributed by atoms with E-state index in [0.717, 1.165) is 34.7 Å². The van der Waals surface area contributed by atoms with E-state index in [1.54, 1.807) is 32.7 Å². The van der Waals surface area contributed by atoms with Gasteiger partial charge in [-0.15, -0.1) is 11.3 Å². The summed E-state index contributed by atoms with van der Waals surface area (Å²) < 4.78 is 16.5. The quantitative estimate of drug-likeness (QED) is 0.287. The lowest BCUT2D eigenvalue weighted by Gasteiger charge is -2.22. The van der Waals surface area contributed by atoms with Crippen molar-refractivity contribution in [2.75, 3.05) is 43.8 Å². The minimum absolute atomic E-state index is 0.197. The van der Waals surface area contributed by atoms with Gasteiger partial charge in [0.25, 0.3) is 5.91 Å². The highest BCUT2D eigenvalue weighted by molar-refractivity contribution is 7.13. The third kappa shape index (κ3) is 4.93. The maximum absolute atomic E-state index is 13.2. The molecule has 0 unspecified atom stereocenters. The van der Waals surface area contributed by atoms with Crippen LogP contribution in [0.3, 0.4) is 0 Å². The van der Waals surface area contributed by atoms with Crippen LogP contribution in [0.5, 0.6) is 17.2 Å². The van der Waals surface area contributed by atoms with Crippen molar-refractivity contribution in [3.8, 4) is 27.7 Å². The monoisotopic (exact) mass is 515 g/mol. The average molecular weight is 516 g/mol. The van der Waals surface area contributed by atoms with Gasteiger partial charge in [-0.2, -0.15) is 0 Å². The summed E-state index contributed by atoms with van der Waals surface area (Å²) in [6.07, 6.45) is 0.914. The fraction of sp³-hybridized carbons (Fsp3) is 0.207. The van der Waals surface area contributed by atoms with Crippen LogP contribution in [0.15, 0.2) is 66.0 Å². The van der Waals surface area contributed by atoms with E-state index in [1.165, 1.54) is 5.56 Å². The van der Waals surface area contributed by atoms with Crippen molar-refractivity contribution in [1.82, 2.24) is 0 Å². The lowest BCUT2D eigenvalue weighted by Crippen LogP contribution is -2.20. The highest BCUT2D eigenvalue weighted by Gasteiger charge is 2.23. The lowest BCUT2D eigenvalue weighted by atomic mass is 10.1. The number of fused-ring (bicyclic) bond motifs is 1. The molecule has 1 aliphatic heterocycles. The number of methoxy groups -OCH3 is 3. The first kappa shape index (κ1) is 24.5. The molecule has 0 radical (unpaired) electrons. The molecule has 0 atom stereocenters. The maximum Gasteiger partial charge on any atom is 0.255 e. The largest absolute Gasteiger partial charge is 0.493 e. The highest BCUT2D eigenvalue weighted by Crippen LogP contribution is 2.39. The molecule has 1 aliphatic rings. The summed E-state index contributed by atoms with van der Waals surface area (Å²) in [6, 6.07) is 19.5. The zero-order valence-corrected chi connectivity index (χ0v) is 21.9. The maximum atomic E-state index is 13.2. The molecular weight excluding hydrogens is 486 g/mol. The van der Waals surface area contributed by atoms with Gasteiger partial charge in [-0.25, -0.2) is 0 Å². The summed E-state index contributed by atoms with van der Waals surface area (Å²) in [4.78, 5) is 16.6. The van der Waals surface area contributed by atoms with Crippen LogP contribution in [-0.2, 0) is 13.0 Å². The van der Waals surface area contributed by atoms with E-state index >= 15 is 0 Å². The van der Waals surface area contributed by atoms with Gasteiger partial charge in [0.05, 0.1) is 32.7 Å². The number of nitrogens with zero attached hydrogens (tertiary/aromatic N) is 1. The first-order valence-corrected chi connectivity index (χ1v) is 12.8. The van der Waals surface area contributed by atoms with E-state index in [9.17, 15) is 4.79 Å². The minimum Gasteiger partial charge on any atom is -0.493 e. The number of anilines is 3. The smallest absolute Gasteiger partial charge is 0.255 e. The van der Waals surface area contributed by atoms with Crippen molar-refractivity contribution in [3.05, 3.63) is 82.7 Å². The minimum atomic E-state index is -0.197. The van der Waals surface area contributed by atoms with Crippen LogP contribution in [0.25, 0.3) is 10.4 Å². The predicted octanol–water partition coefficient (Wildman–Crippen LogP) is 5.84. The molecule has 37 heavy (non-hydrogen) atoms. The molecule has 0 saturated heterocycles. The summed E-state index contributed by atoms with van der Waals surface area (Å²) in [6.45, 7) is 1.50. The molecule has 0 aliphatic carbocycles. The zero-order chi connectivity index (χ0) is 25.9. The molecule has 2 heterocycles. The van der Waals surface area contributed by atoms with Gasteiger partial charge < -0.3 is 30.2 Å². The average Bonchev–Trinajstić information content (AvgIpc) is 3.60. The number of benzene rings is 3. The van der Waals surface area contributed by atoms with Crippen LogP contribution in [0.4, 0.5) is 17.1 Å². The van der Waals surface area contributed by atoms with Gasteiger partial charge in [0.2, 0.25) is 5.75 Å². The number of nitrogen functional groups attached to an aromatic ring is 1. The van der Waals surface area contributed by atoms with Crippen LogP contribution in [0, 0.1) is 0 Å². The topological polar surface area (TPSA) is 86.1 Å². The second kappa shape index (κ2) is 10.4. The molecule has 3 N–H and O–H groups in total. The molecule has 1 aromatic heterocycles. The Labute approximate surface area is 220 Å². The van der Waals surface area contributed by atoms with E-state index in [-0.39, 0.29) is 5.91 Å². The van der Waals surface area contributed by atoms with E-state index in [4.69, 9.17) is 19.9 Å². The van der Waals surface area contributed by atoms with Crippen LogP contribution in [-0.4, -0.2) is 33.8 Å². The highest BCUT2D eigenvalue weighted by atomic mass is 32.1. The van der Waals surface area contributed by atoms with Crippen molar-refractivity contribution >= 4 is 34.3 Å². The number of hydrogen-bond donors (Lipinski definition) is 2. The Morgan fingerprint density at radius 1 is 1.00 bits per heavy atom. The van der Waals surface area contributed by atoms with Gasteiger partial charge >= 0.3 is 0 Å². The second-order valence-corrected chi connectivity index (χ2v) is 9.73. The fourth-order valence-corrected chi connectivity index (χ4v) is 5.38. The van der Waals surface area contributed by atoms with Gasteiger partial charge in [0.15, 0.2) is 11.5 Å². The Hall–Kier alpha value is -4.17. The molecular formula is C29H29N3O4S. The molecule has 0 bridgehead atoms. The van der Waals surface area contributed by atoms with Crippen molar-refractivity contribution in [1.29, 1.82) is 0 Å². The van der Waals surface area contributed by atoms with Crippen molar-refractivity contribution < 1.29 is 19.0 Å². The predicted molar refractivity (Wildman–Crippen MR) is 149 cm³/mol. The molecule has 7 nitrogen and oxygen atoms in total. The number of carbonyl (C=O) groups is 1. The summed E-state index contributed by atoms with van der Waals surface area (Å²) in [5.74, 6) is 1.60. The standard InChI is InChI=1S/C29H29N3O4S/c1-34-25-13-18(14-26(35-2)28(25)36-3)17-32-11-10-19-6-7-21(16-24(19)32)29(33)31-23-15-20(8-9-22(23)30)27-5-4-12-37-27/h4-9,12-16H,10-11,17,30H2,1-3H3,(H,31,33). The van der Waals surface area contributed by atoms with Crippen LogP contribution >= 0.6 is 11.3 Å². The van der Waals surface area contributed by atoms with E-state index in [2.05, 4.69) is 10.2 Å². The number of nitrogens with one attached hydrogen (secondary N) is 1. The van der Waals surface area contributed by atoms with Crippen molar-refractivity contribution in [2.24, 2.45) is 0 Å². The van der Waals surface area contributed by atoms with E-state index < -0.39 is 0 Å². The first-order valence-electron chi connectivity index (χ1n) is 11.9. The Kier molecular flexibility index (Phi) is 6.92. The number of carbonyl (C=O) groups excluding carboxylic acids is 1. The van der Waals surface area contributed by atoms with Crippen molar-refractivity contribution in [3.63, 3.8) is 0 Å². The molecule has 8 heteroatoms. The van der Waals surface area contributed by atoms with Crippen LogP contribution in [0.2, 0.25) is 0 Å². The van der Waals surface area contributed by atoms with Gasteiger partial charge in [-0.1, -0.05) is 18.2 Å². The molecule has 0 saturated carbocycles. The third-order valence-electron chi connectivity index (χ3n) is 6.54. The van der Waals surface area contributed by atoms with Gasteiger partial charge in [-0.05, 0) is 71.0 Å². The molecule has 190 valence electrons. The third-order valence-corrected chi connectivity index (χ3v) is 7.46. The number of hydrogen-bond acceptors (Lipinski definition) is 7. The SMILES string of the molecule is COc1cc(CN2CCc3ccc(C(=O)Nc4cc(-c5cccs5)ccc4N)cc32)cc(OC)c1OC. The first-order chi connectivity index (χ1) is 18.0. The van der Waals surface area contributed by atoms with Gasteiger partial charge in [-0.3, -0.25) is 4.79 Å². The Bertz CT molecular complexity index is 1410. The second-order valence-electron chi connectivity index (χ2n) is 8.78. The lowest BCUT2D eigenvalue weighted by molar-refractivity contribution is 0.102. The van der Waals surface area contributed by atoms with Crippen LogP contribution < -0.4 is 30.2 Å². The molecule has 5 rings (SSSR count). The summed E-state index contributed by atoms with van der Waals surface area (Å²) in [5.41, 5.74) is 12.2. The Morgan fingerprint density at radius 3 is 2.46 bits per heavy atom. The van der Waals surface area contributed by atoms with Crippen molar-refractivity contribution in [2.45, 2.75) is 13.0 Å².